The van der Waals surface area contributed by atoms with Crippen molar-refractivity contribution in [3.05, 3.63) is 35.6 Å². The Morgan fingerprint density at radius 1 is 1.33 bits per heavy atom. The van der Waals surface area contributed by atoms with Crippen molar-refractivity contribution in [1.29, 1.82) is 0 Å². The van der Waals surface area contributed by atoms with Crippen LogP contribution in [0, 0.1) is 11.7 Å². The van der Waals surface area contributed by atoms with Crippen molar-refractivity contribution in [2.24, 2.45) is 11.7 Å². The minimum Gasteiger partial charge on any atom is -0.480 e. The first-order chi connectivity index (χ1) is 9.61. The van der Waals surface area contributed by atoms with Crippen LogP contribution in [0.1, 0.15) is 26.3 Å². The van der Waals surface area contributed by atoms with Crippen molar-refractivity contribution >= 4 is 11.9 Å². The van der Waals surface area contributed by atoms with Crippen LogP contribution in [0.5, 0.6) is 0 Å². The molecule has 6 heteroatoms. The molecule has 0 saturated heterocycles. The molecule has 1 aromatic rings. The minimum absolute atomic E-state index is 0.130. The lowest BCUT2D eigenvalue weighted by Gasteiger charge is -2.25. The third-order valence-electron chi connectivity index (χ3n) is 2.83. The monoisotopic (exact) mass is 297 g/mol. The fourth-order valence-corrected chi connectivity index (χ4v) is 1.81. The maximum Gasteiger partial charge on any atom is 0.321 e. The molecule has 0 spiro atoms. The van der Waals surface area contributed by atoms with E-state index < -0.39 is 35.3 Å². The summed E-state index contributed by atoms with van der Waals surface area (Å²) in [4.78, 5) is 23.2. The van der Waals surface area contributed by atoms with Gasteiger partial charge in [-0.3, -0.25) is 9.59 Å². The minimum atomic E-state index is -1.46. The molecule has 0 bridgehead atoms. The highest BCUT2D eigenvalue weighted by atomic mass is 19.1. The molecular weight excluding hydrogens is 277 g/mol. The number of halogens is 1. The van der Waals surface area contributed by atoms with Gasteiger partial charge in [-0.05, 0) is 38.8 Å². The molecule has 3 N–H and O–H groups in total. The van der Waals surface area contributed by atoms with Crippen LogP contribution < -0.4 is 5.73 Å². The van der Waals surface area contributed by atoms with E-state index in [0.29, 0.717) is 0 Å². The second-order valence-electron chi connectivity index (χ2n) is 5.80. The number of esters is 1. The van der Waals surface area contributed by atoms with Crippen LogP contribution in [-0.2, 0) is 20.7 Å². The normalized spacial score (nSPS) is 14.3. The molecule has 1 aromatic carbocycles. The summed E-state index contributed by atoms with van der Waals surface area (Å²) in [7, 11) is 0. The van der Waals surface area contributed by atoms with Gasteiger partial charge in [-0.25, -0.2) is 4.39 Å². The number of carbonyl (C=O) groups excluding carboxylic acids is 1. The molecule has 1 rings (SSSR count). The predicted octanol–water partition coefficient (Wildman–Crippen LogP) is 1.74. The van der Waals surface area contributed by atoms with Gasteiger partial charge in [0.1, 0.15) is 17.5 Å². The fraction of sp³-hybridized carbons (Fsp3) is 0.467. The number of benzene rings is 1. The third kappa shape index (κ3) is 5.15. The molecule has 0 radical (unpaired) electrons. The standard InChI is InChI=1S/C15H20FNO4/c1-15(2,3)21-14(20)10(12(17)13(18)19)8-9-6-4-5-7-11(9)16/h4-7,10,12H,8,17H2,1-3H3,(H,18,19)/t10?,12-/m1/s1. The number of nitrogens with two attached hydrogens (primary N) is 1. The van der Waals surface area contributed by atoms with E-state index >= 15 is 0 Å². The highest BCUT2D eigenvalue weighted by Gasteiger charge is 2.34. The number of carbonyl (C=O) groups is 2. The van der Waals surface area contributed by atoms with Crippen LogP contribution in [0.3, 0.4) is 0 Å². The summed E-state index contributed by atoms with van der Waals surface area (Å²) in [6.07, 6.45) is -0.130. The Balaban J connectivity index is 3.01. The van der Waals surface area contributed by atoms with Gasteiger partial charge in [0, 0.05) is 0 Å². The zero-order valence-corrected chi connectivity index (χ0v) is 12.3. The van der Waals surface area contributed by atoms with E-state index in [1.165, 1.54) is 18.2 Å². The molecule has 0 saturated carbocycles. The Bertz CT molecular complexity index is 525. The summed E-state index contributed by atoms with van der Waals surface area (Å²) in [5, 5.41) is 9.02. The van der Waals surface area contributed by atoms with Crippen molar-refractivity contribution in [2.45, 2.75) is 38.8 Å². The van der Waals surface area contributed by atoms with Crippen molar-refractivity contribution < 1.29 is 23.8 Å². The Labute approximate surface area is 122 Å². The lowest BCUT2D eigenvalue weighted by molar-refractivity contribution is -0.163. The Morgan fingerprint density at radius 2 is 1.90 bits per heavy atom. The van der Waals surface area contributed by atoms with Crippen LogP contribution in [0.2, 0.25) is 0 Å². The number of hydrogen-bond donors (Lipinski definition) is 2. The van der Waals surface area contributed by atoms with Gasteiger partial charge in [0.05, 0.1) is 5.92 Å². The second kappa shape index (κ2) is 6.67. The number of rotatable bonds is 5. The van der Waals surface area contributed by atoms with Crippen LogP contribution in [-0.4, -0.2) is 28.7 Å². The maximum absolute atomic E-state index is 13.7. The van der Waals surface area contributed by atoms with E-state index in [1.54, 1.807) is 26.8 Å². The summed E-state index contributed by atoms with van der Waals surface area (Å²) in [6.45, 7) is 4.99. The lowest BCUT2D eigenvalue weighted by Crippen LogP contribution is -2.45. The van der Waals surface area contributed by atoms with Crippen LogP contribution >= 0.6 is 0 Å². The van der Waals surface area contributed by atoms with E-state index in [-0.39, 0.29) is 12.0 Å². The number of carboxylic acids is 1. The average Bonchev–Trinajstić information content (AvgIpc) is 2.34. The molecule has 0 aliphatic heterocycles. The summed E-state index contributed by atoms with van der Waals surface area (Å²) in [5.41, 5.74) is 5.01. The van der Waals surface area contributed by atoms with Gasteiger partial charge >= 0.3 is 11.9 Å². The molecular formula is C15H20FNO4. The molecule has 116 valence electrons. The van der Waals surface area contributed by atoms with Crippen molar-refractivity contribution in [3.63, 3.8) is 0 Å². The zero-order valence-electron chi connectivity index (χ0n) is 12.3. The van der Waals surface area contributed by atoms with E-state index in [4.69, 9.17) is 15.6 Å². The largest absolute Gasteiger partial charge is 0.480 e. The Kier molecular flexibility index (Phi) is 5.43. The molecule has 21 heavy (non-hydrogen) atoms. The summed E-state index contributed by atoms with van der Waals surface area (Å²) in [6, 6.07) is 4.39. The predicted molar refractivity (Wildman–Crippen MR) is 75.1 cm³/mol. The number of aliphatic carboxylic acids is 1. The van der Waals surface area contributed by atoms with Gasteiger partial charge in [0.2, 0.25) is 0 Å². The topological polar surface area (TPSA) is 89.6 Å². The first-order valence-electron chi connectivity index (χ1n) is 6.56. The van der Waals surface area contributed by atoms with Crippen molar-refractivity contribution in [2.75, 3.05) is 0 Å². The maximum atomic E-state index is 13.7. The van der Waals surface area contributed by atoms with Gasteiger partial charge < -0.3 is 15.6 Å². The van der Waals surface area contributed by atoms with Gasteiger partial charge in [-0.2, -0.15) is 0 Å². The molecule has 0 heterocycles. The van der Waals surface area contributed by atoms with Gasteiger partial charge in [0.25, 0.3) is 0 Å². The molecule has 0 aliphatic rings. The van der Waals surface area contributed by atoms with Crippen LogP contribution in [0.4, 0.5) is 4.39 Å². The highest BCUT2D eigenvalue weighted by molar-refractivity contribution is 5.83. The van der Waals surface area contributed by atoms with E-state index in [9.17, 15) is 14.0 Å². The van der Waals surface area contributed by atoms with E-state index in [1.807, 2.05) is 0 Å². The molecule has 1 unspecified atom stereocenters. The highest BCUT2D eigenvalue weighted by Crippen LogP contribution is 2.19. The van der Waals surface area contributed by atoms with Gasteiger partial charge in [-0.1, -0.05) is 18.2 Å². The number of hydrogen-bond acceptors (Lipinski definition) is 4. The third-order valence-corrected chi connectivity index (χ3v) is 2.83. The molecule has 5 nitrogen and oxygen atoms in total. The summed E-state index contributed by atoms with van der Waals surface area (Å²) >= 11 is 0. The average molecular weight is 297 g/mol. The lowest BCUT2D eigenvalue weighted by atomic mass is 9.92. The molecule has 2 atom stereocenters. The smallest absolute Gasteiger partial charge is 0.321 e. The van der Waals surface area contributed by atoms with Gasteiger partial charge in [0.15, 0.2) is 0 Å². The molecule has 0 fully saturated rings. The quantitative estimate of drug-likeness (QED) is 0.808. The Hall–Kier alpha value is -1.95. The second-order valence-corrected chi connectivity index (χ2v) is 5.80. The zero-order chi connectivity index (χ0) is 16.2. The first-order valence-corrected chi connectivity index (χ1v) is 6.56. The number of carboxylic acid groups (broad SMARTS) is 1. The molecule has 0 aromatic heterocycles. The Morgan fingerprint density at radius 3 is 2.38 bits per heavy atom. The fourth-order valence-electron chi connectivity index (χ4n) is 1.81. The van der Waals surface area contributed by atoms with Crippen molar-refractivity contribution in [1.82, 2.24) is 0 Å². The van der Waals surface area contributed by atoms with Crippen LogP contribution in [0.25, 0.3) is 0 Å². The first kappa shape index (κ1) is 17.1. The number of ether oxygens (including phenoxy) is 1. The van der Waals surface area contributed by atoms with Crippen molar-refractivity contribution in [3.8, 4) is 0 Å². The summed E-state index contributed by atoms with van der Waals surface area (Å²) in [5.74, 6) is -3.75. The van der Waals surface area contributed by atoms with E-state index in [0.717, 1.165) is 0 Å². The van der Waals surface area contributed by atoms with E-state index in [2.05, 4.69) is 0 Å². The molecule has 0 aliphatic carbocycles. The van der Waals surface area contributed by atoms with Crippen LogP contribution in [0.15, 0.2) is 24.3 Å². The van der Waals surface area contributed by atoms with Gasteiger partial charge in [-0.15, -0.1) is 0 Å². The summed E-state index contributed by atoms with van der Waals surface area (Å²) < 4.78 is 18.9. The molecule has 0 amide bonds. The SMILES string of the molecule is CC(C)(C)OC(=O)C(Cc1ccccc1F)[C@@H](N)C(=O)O.